The first-order valence-corrected chi connectivity index (χ1v) is 5.23. The van der Waals surface area contributed by atoms with Gasteiger partial charge in [0.1, 0.15) is 0 Å². The molecular formula is C12H16ClN. The average Bonchev–Trinajstić information content (AvgIpc) is 2.22. The first-order chi connectivity index (χ1) is 6.76. The molecule has 0 aromatic heterocycles. The lowest BCUT2D eigenvalue weighted by Gasteiger charge is -2.03. The number of halogens is 1. The molecule has 0 aliphatic carbocycles. The molecule has 2 heteroatoms. The lowest BCUT2D eigenvalue weighted by Crippen LogP contribution is -2.03. The van der Waals surface area contributed by atoms with Crippen LogP contribution in [0.4, 0.5) is 0 Å². The van der Waals surface area contributed by atoms with Crippen LogP contribution in [-0.4, -0.2) is 6.54 Å². The van der Waals surface area contributed by atoms with Crippen LogP contribution in [0.3, 0.4) is 0 Å². The van der Waals surface area contributed by atoms with Gasteiger partial charge in [0.25, 0.3) is 0 Å². The van der Waals surface area contributed by atoms with Gasteiger partial charge in [-0.2, -0.15) is 0 Å². The van der Waals surface area contributed by atoms with E-state index >= 15 is 0 Å². The highest BCUT2D eigenvalue weighted by molar-refractivity contribution is 6.25. The van der Waals surface area contributed by atoms with Gasteiger partial charge >= 0.3 is 0 Å². The second-order valence-corrected chi connectivity index (χ2v) is 3.68. The number of hydrogen-bond donors (Lipinski definition) is 1. The molecule has 0 amide bonds. The maximum atomic E-state index is 5.62. The zero-order valence-corrected chi connectivity index (χ0v) is 9.22. The number of aryl methyl sites for hydroxylation is 2. The Balaban J connectivity index is 2.49. The van der Waals surface area contributed by atoms with Gasteiger partial charge in [-0.25, -0.2) is 0 Å². The summed E-state index contributed by atoms with van der Waals surface area (Å²) >= 11 is 5.62. The monoisotopic (exact) mass is 209 g/mol. The van der Waals surface area contributed by atoms with Crippen molar-refractivity contribution >= 4 is 11.6 Å². The smallest absolute Gasteiger partial charge is 0.0148 e. The van der Waals surface area contributed by atoms with Crippen LogP contribution in [0.15, 0.2) is 35.4 Å². The van der Waals surface area contributed by atoms with E-state index in [0.29, 0.717) is 6.54 Å². The molecule has 0 saturated heterocycles. The summed E-state index contributed by atoms with van der Waals surface area (Å²) in [5.41, 5.74) is 10.8. The highest BCUT2D eigenvalue weighted by Gasteiger charge is 1.96. The van der Waals surface area contributed by atoms with Crippen LogP contribution in [0, 0.1) is 6.92 Å². The summed E-state index contributed by atoms with van der Waals surface area (Å²) in [4.78, 5) is 0. The molecule has 0 unspecified atom stereocenters. The van der Waals surface area contributed by atoms with Gasteiger partial charge in [-0.15, -0.1) is 0 Å². The van der Waals surface area contributed by atoms with Crippen molar-refractivity contribution in [2.24, 2.45) is 5.73 Å². The zero-order valence-electron chi connectivity index (χ0n) is 8.46. The summed E-state index contributed by atoms with van der Waals surface area (Å²) in [6.45, 7) is 2.64. The fourth-order valence-corrected chi connectivity index (χ4v) is 1.46. The van der Waals surface area contributed by atoms with Crippen LogP contribution in [-0.2, 0) is 6.42 Å². The van der Waals surface area contributed by atoms with Crippen LogP contribution in [0.5, 0.6) is 0 Å². The Labute approximate surface area is 90.6 Å². The van der Waals surface area contributed by atoms with Crippen LogP contribution in [0.25, 0.3) is 0 Å². The SMILES string of the molecule is Cc1ccc(CC/C(=C\Cl)CN)cc1. The number of hydrogen-bond acceptors (Lipinski definition) is 1. The third-order valence-electron chi connectivity index (χ3n) is 2.27. The Hall–Kier alpha value is -0.790. The molecule has 0 saturated carbocycles. The maximum absolute atomic E-state index is 5.62. The van der Waals surface area contributed by atoms with E-state index in [-0.39, 0.29) is 0 Å². The fraction of sp³-hybridized carbons (Fsp3) is 0.333. The molecule has 2 N–H and O–H groups in total. The molecule has 0 fully saturated rings. The normalized spacial score (nSPS) is 11.8. The van der Waals surface area contributed by atoms with Gasteiger partial charge in [0.2, 0.25) is 0 Å². The van der Waals surface area contributed by atoms with Crippen molar-refractivity contribution in [2.45, 2.75) is 19.8 Å². The summed E-state index contributed by atoms with van der Waals surface area (Å²) < 4.78 is 0. The van der Waals surface area contributed by atoms with Gasteiger partial charge in [0.05, 0.1) is 0 Å². The van der Waals surface area contributed by atoms with Crippen molar-refractivity contribution in [3.05, 3.63) is 46.5 Å². The highest BCUT2D eigenvalue weighted by Crippen LogP contribution is 2.10. The quantitative estimate of drug-likeness (QED) is 0.811. The molecule has 0 bridgehead atoms. The van der Waals surface area contributed by atoms with Crippen LogP contribution < -0.4 is 5.73 Å². The summed E-state index contributed by atoms with van der Waals surface area (Å²) in [6, 6.07) is 8.55. The summed E-state index contributed by atoms with van der Waals surface area (Å²) in [6.07, 6.45) is 1.96. The highest BCUT2D eigenvalue weighted by atomic mass is 35.5. The van der Waals surface area contributed by atoms with E-state index in [1.165, 1.54) is 11.1 Å². The van der Waals surface area contributed by atoms with E-state index < -0.39 is 0 Å². The molecule has 1 rings (SSSR count). The van der Waals surface area contributed by atoms with Gasteiger partial charge < -0.3 is 5.73 Å². The first-order valence-electron chi connectivity index (χ1n) is 4.80. The van der Waals surface area contributed by atoms with Crippen molar-refractivity contribution < 1.29 is 0 Å². The van der Waals surface area contributed by atoms with E-state index in [2.05, 4.69) is 31.2 Å². The molecule has 1 aromatic rings. The van der Waals surface area contributed by atoms with Crippen molar-refractivity contribution in [1.29, 1.82) is 0 Å². The molecule has 1 aromatic carbocycles. The van der Waals surface area contributed by atoms with E-state index in [1.807, 2.05) is 0 Å². The standard InChI is InChI=1S/C12H16ClN/c1-10-2-4-11(5-3-10)6-7-12(8-13)9-14/h2-5,8H,6-7,9,14H2,1H3/b12-8+. The lowest BCUT2D eigenvalue weighted by molar-refractivity contribution is 0.906. The summed E-state index contributed by atoms with van der Waals surface area (Å²) in [7, 11) is 0. The molecule has 0 heterocycles. The van der Waals surface area contributed by atoms with Crippen LogP contribution in [0.1, 0.15) is 17.5 Å². The topological polar surface area (TPSA) is 26.0 Å². The Morgan fingerprint density at radius 3 is 2.50 bits per heavy atom. The predicted octanol–water partition coefficient (Wildman–Crippen LogP) is 3.01. The fourth-order valence-electron chi connectivity index (χ4n) is 1.26. The number of nitrogens with two attached hydrogens (primary N) is 1. The van der Waals surface area contributed by atoms with Gasteiger partial charge in [-0.05, 0) is 30.9 Å². The first kappa shape index (κ1) is 11.3. The van der Waals surface area contributed by atoms with Gasteiger partial charge in [-0.3, -0.25) is 0 Å². The molecule has 0 spiro atoms. The molecule has 1 nitrogen and oxygen atoms in total. The van der Waals surface area contributed by atoms with E-state index in [1.54, 1.807) is 5.54 Å². The minimum atomic E-state index is 0.551. The lowest BCUT2D eigenvalue weighted by atomic mass is 10.0. The molecule has 0 atom stereocenters. The molecular weight excluding hydrogens is 194 g/mol. The number of benzene rings is 1. The zero-order chi connectivity index (χ0) is 10.4. The summed E-state index contributed by atoms with van der Waals surface area (Å²) in [5, 5.41) is 0. The second-order valence-electron chi connectivity index (χ2n) is 3.46. The number of rotatable bonds is 4. The molecule has 14 heavy (non-hydrogen) atoms. The van der Waals surface area contributed by atoms with Crippen molar-refractivity contribution in [1.82, 2.24) is 0 Å². The van der Waals surface area contributed by atoms with Crippen molar-refractivity contribution in [3.8, 4) is 0 Å². The molecule has 0 radical (unpaired) electrons. The third-order valence-corrected chi connectivity index (χ3v) is 2.58. The van der Waals surface area contributed by atoms with Gasteiger partial charge in [0, 0.05) is 12.1 Å². The third kappa shape index (κ3) is 3.52. The Morgan fingerprint density at radius 2 is 2.00 bits per heavy atom. The van der Waals surface area contributed by atoms with Crippen LogP contribution >= 0.6 is 11.6 Å². The van der Waals surface area contributed by atoms with E-state index in [9.17, 15) is 0 Å². The van der Waals surface area contributed by atoms with E-state index in [0.717, 1.165) is 18.4 Å². The second kappa shape index (κ2) is 5.84. The Kier molecular flexibility index (Phi) is 4.71. The van der Waals surface area contributed by atoms with Gasteiger partial charge in [-0.1, -0.05) is 41.4 Å². The minimum Gasteiger partial charge on any atom is -0.327 e. The summed E-state index contributed by atoms with van der Waals surface area (Å²) in [5.74, 6) is 0. The van der Waals surface area contributed by atoms with Gasteiger partial charge in [0.15, 0.2) is 0 Å². The Bertz CT molecular complexity index is 301. The molecule has 76 valence electrons. The molecule has 0 aliphatic rings. The molecule has 0 aliphatic heterocycles. The van der Waals surface area contributed by atoms with E-state index in [4.69, 9.17) is 17.3 Å². The largest absolute Gasteiger partial charge is 0.327 e. The van der Waals surface area contributed by atoms with Crippen molar-refractivity contribution in [2.75, 3.05) is 6.54 Å². The maximum Gasteiger partial charge on any atom is 0.0148 e. The minimum absolute atomic E-state index is 0.551. The average molecular weight is 210 g/mol. The Morgan fingerprint density at radius 1 is 1.36 bits per heavy atom. The van der Waals surface area contributed by atoms with Crippen LogP contribution in [0.2, 0.25) is 0 Å². The van der Waals surface area contributed by atoms with Crippen molar-refractivity contribution in [3.63, 3.8) is 0 Å². The predicted molar refractivity (Wildman–Crippen MR) is 62.5 cm³/mol.